The Morgan fingerprint density at radius 1 is 1.22 bits per heavy atom. The minimum Gasteiger partial charge on any atom is -0.379 e. The van der Waals surface area contributed by atoms with Crippen LogP contribution < -0.4 is 5.32 Å². The minimum absolute atomic E-state index is 0.218. The van der Waals surface area contributed by atoms with Gasteiger partial charge in [0.1, 0.15) is 0 Å². The van der Waals surface area contributed by atoms with Crippen molar-refractivity contribution in [3.63, 3.8) is 0 Å². The molecule has 1 aromatic rings. The van der Waals surface area contributed by atoms with E-state index in [4.69, 9.17) is 4.74 Å². The molecule has 5 heteroatoms. The maximum absolute atomic E-state index is 12.3. The molecular weight excluding hydrogens is 290 g/mol. The summed E-state index contributed by atoms with van der Waals surface area (Å²) in [7, 11) is 0. The molecule has 0 atom stereocenters. The van der Waals surface area contributed by atoms with Gasteiger partial charge in [-0.3, -0.25) is 9.69 Å². The molecule has 5 nitrogen and oxygen atoms in total. The van der Waals surface area contributed by atoms with Crippen LogP contribution in [0.1, 0.15) is 18.9 Å². The van der Waals surface area contributed by atoms with E-state index in [1.165, 1.54) is 5.56 Å². The van der Waals surface area contributed by atoms with E-state index in [1.54, 1.807) is 0 Å². The lowest BCUT2D eigenvalue weighted by Gasteiger charge is -2.26. The van der Waals surface area contributed by atoms with Crippen molar-refractivity contribution in [2.24, 2.45) is 0 Å². The molecule has 0 saturated carbocycles. The average molecular weight is 319 g/mol. The highest BCUT2D eigenvalue weighted by molar-refractivity contribution is 5.76. The highest BCUT2D eigenvalue weighted by Gasteiger charge is 2.12. The van der Waals surface area contributed by atoms with Gasteiger partial charge in [-0.05, 0) is 12.5 Å². The Labute approximate surface area is 139 Å². The van der Waals surface area contributed by atoms with Gasteiger partial charge in [0.2, 0.25) is 5.91 Å². The molecule has 128 valence electrons. The molecule has 2 rings (SSSR count). The van der Waals surface area contributed by atoms with Crippen molar-refractivity contribution in [3.8, 4) is 0 Å². The van der Waals surface area contributed by atoms with Gasteiger partial charge in [0, 0.05) is 52.2 Å². The standard InChI is InChI=1S/C18H29N3O2/c1-2-21(16-17-6-4-3-5-7-17)18(22)8-9-19-10-11-20-12-14-23-15-13-20/h3-7,19H,2,8-16H2,1H3. The van der Waals surface area contributed by atoms with Gasteiger partial charge in [-0.15, -0.1) is 0 Å². The van der Waals surface area contributed by atoms with Crippen LogP contribution in [0.4, 0.5) is 0 Å². The fourth-order valence-electron chi connectivity index (χ4n) is 2.72. The van der Waals surface area contributed by atoms with E-state index in [0.29, 0.717) is 13.0 Å². The normalized spacial score (nSPS) is 15.5. The van der Waals surface area contributed by atoms with Crippen LogP contribution >= 0.6 is 0 Å². The Kier molecular flexibility index (Phi) is 8.07. The molecule has 1 heterocycles. The van der Waals surface area contributed by atoms with Gasteiger partial charge in [0.25, 0.3) is 0 Å². The van der Waals surface area contributed by atoms with Gasteiger partial charge in [-0.2, -0.15) is 0 Å². The number of ether oxygens (including phenoxy) is 1. The van der Waals surface area contributed by atoms with E-state index < -0.39 is 0 Å². The first-order valence-electron chi connectivity index (χ1n) is 8.62. The lowest BCUT2D eigenvalue weighted by Crippen LogP contribution is -2.41. The van der Waals surface area contributed by atoms with Crippen molar-refractivity contribution >= 4 is 5.91 Å². The van der Waals surface area contributed by atoms with E-state index in [2.05, 4.69) is 22.3 Å². The number of benzene rings is 1. The van der Waals surface area contributed by atoms with Gasteiger partial charge in [0.05, 0.1) is 13.2 Å². The minimum atomic E-state index is 0.218. The molecule has 0 bridgehead atoms. The van der Waals surface area contributed by atoms with E-state index in [9.17, 15) is 4.79 Å². The molecule has 1 fully saturated rings. The Balaban J connectivity index is 1.60. The Hall–Kier alpha value is -1.43. The highest BCUT2D eigenvalue weighted by atomic mass is 16.5. The van der Waals surface area contributed by atoms with Crippen molar-refractivity contribution in [1.29, 1.82) is 0 Å². The first-order valence-corrected chi connectivity index (χ1v) is 8.62. The number of nitrogens with zero attached hydrogens (tertiary/aromatic N) is 2. The van der Waals surface area contributed by atoms with Gasteiger partial charge in [-0.25, -0.2) is 0 Å². The maximum atomic E-state index is 12.3. The quantitative estimate of drug-likeness (QED) is 0.698. The number of carbonyl (C=O) groups is 1. The summed E-state index contributed by atoms with van der Waals surface area (Å²) in [4.78, 5) is 16.6. The van der Waals surface area contributed by atoms with Crippen LogP contribution in [0.25, 0.3) is 0 Å². The number of hydrogen-bond acceptors (Lipinski definition) is 4. The summed E-state index contributed by atoms with van der Waals surface area (Å²) in [5.74, 6) is 0.218. The molecule has 0 aromatic heterocycles. The number of hydrogen-bond donors (Lipinski definition) is 1. The van der Waals surface area contributed by atoms with Crippen LogP contribution in [0.15, 0.2) is 30.3 Å². The molecule has 1 aliphatic heterocycles. The number of rotatable bonds is 9. The Morgan fingerprint density at radius 2 is 1.96 bits per heavy atom. The monoisotopic (exact) mass is 319 g/mol. The predicted molar refractivity (Wildman–Crippen MR) is 92.3 cm³/mol. The second kappa shape index (κ2) is 10.4. The fraction of sp³-hybridized carbons (Fsp3) is 0.611. The highest BCUT2D eigenvalue weighted by Crippen LogP contribution is 2.05. The number of amides is 1. The molecule has 1 N–H and O–H groups in total. The van der Waals surface area contributed by atoms with Crippen molar-refractivity contribution in [1.82, 2.24) is 15.1 Å². The van der Waals surface area contributed by atoms with E-state index in [-0.39, 0.29) is 5.91 Å². The molecule has 1 amide bonds. The SMILES string of the molecule is CCN(Cc1ccccc1)C(=O)CCNCCN1CCOCC1. The zero-order valence-corrected chi connectivity index (χ0v) is 14.2. The van der Waals surface area contributed by atoms with E-state index in [0.717, 1.165) is 52.5 Å². The van der Waals surface area contributed by atoms with Crippen LogP contribution in [-0.2, 0) is 16.1 Å². The first kappa shape index (κ1) is 17.9. The van der Waals surface area contributed by atoms with Crippen molar-refractivity contribution in [2.45, 2.75) is 19.9 Å². The van der Waals surface area contributed by atoms with E-state index in [1.807, 2.05) is 30.0 Å². The molecule has 23 heavy (non-hydrogen) atoms. The summed E-state index contributed by atoms with van der Waals surface area (Å²) in [5, 5.41) is 3.38. The maximum Gasteiger partial charge on any atom is 0.224 e. The summed E-state index contributed by atoms with van der Waals surface area (Å²) >= 11 is 0. The summed E-state index contributed by atoms with van der Waals surface area (Å²) < 4.78 is 5.33. The van der Waals surface area contributed by atoms with Crippen molar-refractivity contribution in [3.05, 3.63) is 35.9 Å². The number of morpholine rings is 1. The summed E-state index contributed by atoms with van der Waals surface area (Å²) in [6.07, 6.45) is 0.559. The fourth-order valence-corrected chi connectivity index (χ4v) is 2.72. The summed E-state index contributed by atoms with van der Waals surface area (Å²) in [6, 6.07) is 10.2. The summed E-state index contributed by atoms with van der Waals surface area (Å²) in [6.45, 7) is 9.89. The van der Waals surface area contributed by atoms with E-state index >= 15 is 0 Å². The largest absolute Gasteiger partial charge is 0.379 e. The van der Waals surface area contributed by atoms with Crippen LogP contribution in [0, 0.1) is 0 Å². The van der Waals surface area contributed by atoms with Gasteiger partial charge in [0.15, 0.2) is 0 Å². The molecule has 0 aliphatic carbocycles. The predicted octanol–water partition coefficient (Wildman–Crippen LogP) is 1.35. The lowest BCUT2D eigenvalue weighted by atomic mass is 10.2. The lowest BCUT2D eigenvalue weighted by molar-refractivity contribution is -0.131. The Morgan fingerprint density at radius 3 is 2.65 bits per heavy atom. The van der Waals surface area contributed by atoms with Gasteiger partial charge in [-0.1, -0.05) is 30.3 Å². The van der Waals surface area contributed by atoms with Gasteiger partial charge >= 0.3 is 0 Å². The van der Waals surface area contributed by atoms with Crippen molar-refractivity contribution in [2.75, 3.05) is 52.5 Å². The molecule has 0 unspecified atom stereocenters. The zero-order chi connectivity index (χ0) is 16.3. The van der Waals surface area contributed by atoms with Gasteiger partial charge < -0.3 is 15.0 Å². The summed E-state index contributed by atoms with van der Waals surface area (Å²) in [5.41, 5.74) is 1.18. The number of carbonyl (C=O) groups excluding carboxylic acids is 1. The topological polar surface area (TPSA) is 44.8 Å². The third-order valence-corrected chi connectivity index (χ3v) is 4.17. The number of nitrogens with one attached hydrogen (secondary N) is 1. The molecule has 1 saturated heterocycles. The molecule has 0 radical (unpaired) electrons. The Bertz CT molecular complexity index is 447. The third-order valence-electron chi connectivity index (χ3n) is 4.17. The molecule has 1 aliphatic rings. The van der Waals surface area contributed by atoms with Crippen LogP contribution in [0.2, 0.25) is 0 Å². The zero-order valence-electron chi connectivity index (χ0n) is 14.2. The third kappa shape index (κ3) is 6.69. The molecule has 1 aromatic carbocycles. The van der Waals surface area contributed by atoms with Crippen LogP contribution in [0.3, 0.4) is 0 Å². The molecular formula is C18H29N3O2. The molecule has 0 spiro atoms. The smallest absolute Gasteiger partial charge is 0.224 e. The second-order valence-electron chi connectivity index (χ2n) is 5.85. The second-order valence-corrected chi connectivity index (χ2v) is 5.85. The first-order chi connectivity index (χ1) is 11.3. The van der Waals surface area contributed by atoms with Crippen LogP contribution in [0.5, 0.6) is 0 Å². The van der Waals surface area contributed by atoms with Crippen LogP contribution in [-0.4, -0.2) is 68.2 Å². The van der Waals surface area contributed by atoms with Crippen molar-refractivity contribution < 1.29 is 9.53 Å². The average Bonchev–Trinajstić information content (AvgIpc) is 2.61.